The molecule has 0 saturated heterocycles. The monoisotopic (exact) mass is 618 g/mol. The molecule has 45 heavy (non-hydrogen) atoms. The number of carbonyl (C=O) groups excluding carboxylic acids is 1. The van der Waals surface area contributed by atoms with E-state index in [1.165, 1.54) is 11.6 Å². The first-order chi connectivity index (χ1) is 21.0. The maximum atomic E-state index is 13.3. The highest BCUT2D eigenvalue weighted by atomic mass is 16.5. The molecule has 0 amide bonds. The first-order valence-electron chi connectivity index (χ1n) is 17.3. The Kier molecular flexibility index (Phi) is 7.70. The largest absolute Gasteiger partial charge is 0.508 e. The van der Waals surface area contributed by atoms with Gasteiger partial charge in [0.25, 0.3) is 0 Å². The number of aliphatic hydroxyl groups excluding tert-OH is 1. The number of aromatic hydroxyl groups is 1. The van der Waals surface area contributed by atoms with Crippen LogP contribution in [0.1, 0.15) is 111 Å². The third-order valence-electron chi connectivity index (χ3n) is 14.5. The number of carboxylic acids is 1. The summed E-state index contributed by atoms with van der Waals surface area (Å²) in [5.41, 5.74) is 0.564. The standard InChI is InChI=1S/C39H54O6/c1-34(2)19-20-38(33(43)44)21-22-39(24-45-32(42)14-9-25-7-10-26(40)11-8-25)27(28(38)23-34)12-13-30-36(5)17-16-31(41)35(3,4)29(36)15-18-37(30,39)6/h7-12,14,28-31,40-41H,13,15-24H2,1-6H3,(H,43,44)/b14-9+/t28-,29-,30+,31-,36-,37+,38-,39+/m0/s1. The van der Waals surface area contributed by atoms with Crippen molar-refractivity contribution in [1.29, 1.82) is 0 Å². The number of hydrogen-bond acceptors (Lipinski definition) is 5. The quantitative estimate of drug-likeness (QED) is 0.175. The molecule has 0 bridgehead atoms. The van der Waals surface area contributed by atoms with Crippen molar-refractivity contribution in [1.82, 2.24) is 0 Å². The Labute approximate surface area is 269 Å². The maximum absolute atomic E-state index is 13.3. The summed E-state index contributed by atoms with van der Waals surface area (Å²) in [5, 5.41) is 31.5. The van der Waals surface area contributed by atoms with Gasteiger partial charge in [0.15, 0.2) is 0 Å². The zero-order chi connectivity index (χ0) is 32.6. The van der Waals surface area contributed by atoms with Crippen molar-refractivity contribution in [2.75, 3.05) is 6.61 Å². The Bertz CT molecular complexity index is 1400. The lowest BCUT2D eigenvalue weighted by Crippen LogP contribution is -2.66. The van der Waals surface area contributed by atoms with E-state index >= 15 is 0 Å². The number of carbonyl (C=O) groups is 2. The molecular weight excluding hydrogens is 564 g/mol. The van der Waals surface area contributed by atoms with Crippen LogP contribution in [0.25, 0.3) is 6.08 Å². The van der Waals surface area contributed by atoms with E-state index in [2.05, 4.69) is 47.6 Å². The average Bonchev–Trinajstić information content (AvgIpc) is 2.97. The number of phenols is 1. The van der Waals surface area contributed by atoms with E-state index in [0.29, 0.717) is 31.1 Å². The molecule has 6 rings (SSSR count). The Morgan fingerprint density at radius 2 is 1.60 bits per heavy atom. The van der Waals surface area contributed by atoms with Crippen molar-refractivity contribution < 1.29 is 29.6 Å². The third kappa shape index (κ3) is 4.83. The number of fused-ring (bicyclic) bond motifs is 7. The summed E-state index contributed by atoms with van der Waals surface area (Å²) in [7, 11) is 0. The maximum Gasteiger partial charge on any atom is 0.330 e. The van der Waals surface area contributed by atoms with Crippen molar-refractivity contribution in [2.45, 2.75) is 112 Å². The van der Waals surface area contributed by atoms with Crippen LogP contribution in [-0.4, -0.2) is 40.0 Å². The van der Waals surface area contributed by atoms with Crippen LogP contribution in [-0.2, 0) is 14.3 Å². The SMILES string of the molecule is CC1(C)CC[C@]2(C(=O)O)CC[C@@]3(COC(=O)/C=C/c4ccc(O)cc4)C(=CC[C@@H]4[C@@]5(C)CC[C@H](O)C(C)(C)[C@@H]5CC[C@]43C)[C@@H]2C1. The second-order valence-electron chi connectivity index (χ2n) is 17.3. The van der Waals surface area contributed by atoms with Gasteiger partial charge >= 0.3 is 11.9 Å². The molecule has 246 valence electrons. The summed E-state index contributed by atoms with van der Waals surface area (Å²) < 4.78 is 6.25. The minimum Gasteiger partial charge on any atom is -0.508 e. The van der Waals surface area contributed by atoms with E-state index < -0.39 is 22.8 Å². The molecule has 6 nitrogen and oxygen atoms in total. The Morgan fingerprint density at radius 1 is 0.911 bits per heavy atom. The number of hydrogen-bond donors (Lipinski definition) is 3. The zero-order valence-electron chi connectivity index (χ0n) is 28.2. The fraction of sp³-hybridized carbons (Fsp3) is 0.692. The highest BCUT2D eigenvalue weighted by Crippen LogP contribution is 2.76. The normalized spacial score (nSPS) is 41.5. The predicted octanol–water partition coefficient (Wildman–Crippen LogP) is 8.18. The summed E-state index contributed by atoms with van der Waals surface area (Å²) in [5.74, 6) is -0.232. The number of esters is 1. The zero-order valence-corrected chi connectivity index (χ0v) is 28.2. The summed E-state index contributed by atoms with van der Waals surface area (Å²) in [4.78, 5) is 26.5. The van der Waals surface area contributed by atoms with Crippen molar-refractivity contribution in [3.8, 4) is 5.75 Å². The van der Waals surface area contributed by atoms with E-state index in [-0.39, 0.29) is 46.0 Å². The molecule has 0 radical (unpaired) electrons. The van der Waals surface area contributed by atoms with E-state index in [1.54, 1.807) is 30.3 Å². The number of phenolic OH excluding ortho intramolecular Hbond substituents is 1. The molecule has 8 atom stereocenters. The van der Waals surface area contributed by atoms with Gasteiger partial charge in [-0.05, 0) is 127 Å². The van der Waals surface area contributed by atoms with Crippen molar-refractivity contribution in [2.24, 2.45) is 50.2 Å². The third-order valence-corrected chi connectivity index (χ3v) is 14.5. The summed E-state index contributed by atoms with van der Waals surface area (Å²) in [6.07, 6.45) is 13.7. The smallest absolute Gasteiger partial charge is 0.330 e. The lowest BCUT2D eigenvalue weighted by atomic mass is 9.33. The molecule has 6 heteroatoms. The van der Waals surface area contributed by atoms with Gasteiger partial charge in [0, 0.05) is 11.5 Å². The molecule has 1 aromatic rings. The second-order valence-corrected chi connectivity index (χ2v) is 17.3. The number of carboxylic acid groups (broad SMARTS) is 1. The van der Waals surface area contributed by atoms with Crippen LogP contribution in [0.4, 0.5) is 0 Å². The van der Waals surface area contributed by atoms with Crippen LogP contribution in [0.3, 0.4) is 0 Å². The van der Waals surface area contributed by atoms with E-state index in [4.69, 9.17) is 4.74 Å². The molecular formula is C39H54O6. The van der Waals surface area contributed by atoms with Crippen molar-refractivity contribution in [3.63, 3.8) is 0 Å². The number of rotatable bonds is 5. The van der Waals surface area contributed by atoms with Crippen LogP contribution >= 0.6 is 0 Å². The van der Waals surface area contributed by atoms with E-state index in [0.717, 1.165) is 50.5 Å². The fourth-order valence-electron chi connectivity index (χ4n) is 11.7. The topological polar surface area (TPSA) is 104 Å². The number of benzene rings is 1. The first-order valence-corrected chi connectivity index (χ1v) is 17.3. The average molecular weight is 619 g/mol. The Balaban J connectivity index is 1.41. The molecule has 0 spiro atoms. The van der Waals surface area contributed by atoms with Gasteiger partial charge in [0.1, 0.15) is 12.4 Å². The van der Waals surface area contributed by atoms with Crippen LogP contribution in [0.15, 0.2) is 42.0 Å². The molecule has 0 aliphatic heterocycles. The lowest BCUT2D eigenvalue weighted by molar-refractivity contribution is -0.217. The van der Waals surface area contributed by atoms with Crippen LogP contribution < -0.4 is 0 Å². The van der Waals surface area contributed by atoms with Gasteiger partial charge < -0.3 is 20.1 Å². The van der Waals surface area contributed by atoms with Gasteiger partial charge in [0.2, 0.25) is 0 Å². The first kappa shape index (κ1) is 32.3. The Morgan fingerprint density at radius 3 is 2.29 bits per heavy atom. The summed E-state index contributed by atoms with van der Waals surface area (Å²) >= 11 is 0. The Hall–Kier alpha value is -2.60. The molecule has 4 saturated carbocycles. The van der Waals surface area contributed by atoms with Gasteiger partial charge in [0.05, 0.1) is 11.5 Å². The van der Waals surface area contributed by atoms with Gasteiger partial charge in [-0.3, -0.25) is 4.79 Å². The van der Waals surface area contributed by atoms with Crippen LogP contribution in [0.5, 0.6) is 5.75 Å². The molecule has 0 aromatic heterocycles. The van der Waals surface area contributed by atoms with E-state index in [9.17, 15) is 24.9 Å². The molecule has 0 heterocycles. The van der Waals surface area contributed by atoms with Gasteiger partial charge in [-0.2, -0.15) is 0 Å². The van der Waals surface area contributed by atoms with Crippen LogP contribution in [0, 0.1) is 50.2 Å². The van der Waals surface area contributed by atoms with Gasteiger partial charge in [-0.25, -0.2) is 4.79 Å². The fourth-order valence-corrected chi connectivity index (χ4v) is 11.7. The minimum absolute atomic E-state index is 0.0285. The molecule has 5 aliphatic carbocycles. The molecule has 3 N–H and O–H groups in total. The number of ether oxygens (including phenoxy) is 1. The van der Waals surface area contributed by atoms with Crippen molar-refractivity contribution in [3.05, 3.63) is 47.6 Å². The lowest BCUT2D eigenvalue weighted by Gasteiger charge is -2.71. The van der Waals surface area contributed by atoms with Gasteiger partial charge in [-0.15, -0.1) is 0 Å². The van der Waals surface area contributed by atoms with Crippen LogP contribution in [0.2, 0.25) is 0 Å². The molecule has 1 aromatic carbocycles. The van der Waals surface area contributed by atoms with Gasteiger partial charge in [-0.1, -0.05) is 65.3 Å². The highest BCUT2D eigenvalue weighted by molar-refractivity contribution is 5.87. The number of aliphatic hydroxyl groups is 1. The molecule has 5 aliphatic rings. The minimum atomic E-state index is -0.769. The number of allylic oxidation sites excluding steroid dienone is 1. The highest BCUT2D eigenvalue weighted by Gasteiger charge is 2.70. The molecule has 0 unspecified atom stereocenters. The predicted molar refractivity (Wildman–Crippen MR) is 175 cm³/mol. The molecule has 4 fully saturated rings. The number of aliphatic carboxylic acids is 1. The summed E-state index contributed by atoms with van der Waals surface area (Å²) in [6.45, 7) is 14.2. The van der Waals surface area contributed by atoms with E-state index in [1.807, 2.05) is 0 Å². The second kappa shape index (κ2) is 10.7. The summed E-state index contributed by atoms with van der Waals surface area (Å²) in [6, 6.07) is 6.69. The van der Waals surface area contributed by atoms with Crippen molar-refractivity contribution >= 4 is 18.0 Å².